The van der Waals surface area contributed by atoms with Crippen LogP contribution in [0.4, 0.5) is 4.39 Å². The average Bonchev–Trinajstić information content (AvgIpc) is 2.09. The highest BCUT2D eigenvalue weighted by molar-refractivity contribution is 6.31. The molecule has 0 unspecified atom stereocenters. The second-order valence-electron chi connectivity index (χ2n) is 2.61. The molecule has 1 N–H and O–H groups in total. The highest BCUT2D eigenvalue weighted by atomic mass is 35.5. The third-order valence-electron chi connectivity index (χ3n) is 1.76. The number of nitrogens with zero attached hydrogens (tertiary/aromatic N) is 1. The van der Waals surface area contributed by atoms with E-state index in [9.17, 15) is 9.50 Å². The van der Waals surface area contributed by atoms with Gasteiger partial charge in [0.25, 0.3) is 0 Å². The lowest BCUT2D eigenvalue weighted by Crippen LogP contribution is -1.82. The lowest BCUT2D eigenvalue weighted by atomic mass is 10.2. The Kier molecular flexibility index (Phi) is 1.81. The van der Waals surface area contributed by atoms with Crippen molar-refractivity contribution in [3.05, 3.63) is 35.2 Å². The second kappa shape index (κ2) is 2.85. The summed E-state index contributed by atoms with van der Waals surface area (Å²) in [5.74, 6) is -0.487. The van der Waals surface area contributed by atoms with Gasteiger partial charge < -0.3 is 5.11 Å². The molecule has 2 rings (SSSR count). The van der Waals surface area contributed by atoms with Gasteiger partial charge in [-0.25, -0.2) is 4.39 Å². The number of hydrogen-bond donors (Lipinski definition) is 1. The van der Waals surface area contributed by atoms with Crippen LogP contribution >= 0.6 is 11.6 Å². The maximum Gasteiger partial charge on any atom is 0.143 e. The van der Waals surface area contributed by atoms with Crippen molar-refractivity contribution in [1.82, 2.24) is 4.98 Å². The van der Waals surface area contributed by atoms with Gasteiger partial charge in [0.15, 0.2) is 0 Å². The summed E-state index contributed by atoms with van der Waals surface area (Å²) < 4.78 is 12.9. The molecule has 1 aromatic carbocycles. The fourth-order valence-electron chi connectivity index (χ4n) is 1.13. The molecule has 0 aliphatic heterocycles. The van der Waals surface area contributed by atoms with Gasteiger partial charge in [0.2, 0.25) is 0 Å². The monoisotopic (exact) mass is 197 g/mol. The van der Waals surface area contributed by atoms with Crippen LogP contribution in [0.15, 0.2) is 24.4 Å². The third-order valence-corrected chi connectivity index (χ3v) is 2.05. The summed E-state index contributed by atoms with van der Waals surface area (Å²) in [6.45, 7) is 0. The van der Waals surface area contributed by atoms with Gasteiger partial charge in [0.1, 0.15) is 11.6 Å². The number of benzene rings is 1. The molecule has 0 fully saturated rings. The minimum atomic E-state index is -0.535. The topological polar surface area (TPSA) is 33.1 Å². The Hall–Kier alpha value is -1.35. The summed E-state index contributed by atoms with van der Waals surface area (Å²) in [7, 11) is 0. The number of hydrogen-bond acceptors (Lipinski definition) is 2. The first kappa shape index (κ1) is 8.26. The highest BCUT2D eigenvalue weighted by Gasteiger charge is 2.05. The summed E-state index contributed by atoms with van der Waals surface area (Å²) >= 11 is 5.55. The molecule has 0 radical (unpaired) electrons. The predicted octanol–water partition coefficient (Wildman–Crippen LogP) is 2.73. The van der Waals surface area contributed by atoms with Gasteiger partial charge in [-0.2, -0.15) is 0 Å². The maximum absolute atomic E-state index is 12.9. The third kappa shape index (κ3) is 1.31. The van der Waals surface area contributed by atoms with E-state index in [0.717, 1.165) is 0 Å². The fraction of sp³-hybridized carbons (Fsp3) is 0. The number of aromatic nitrogens is 1. The molecule has 0 atom stereocenters. The fourth-order valence-corrected chi connectivity index (χ4v) is 1.29. The molecule has 0 spiro atoms. The lowest BCUT2D eigenvalue weighted by Gasteiger charge is -2.00. The number of halogens is 2. The van der Waals surface area contributed by atoms with E-state index in [1.54, 1.807) is 0 Å². The second-order valence-corrected chi connectivity index (χ2v) is 3.02. The lowest BCUT2D eigenvalue weighted by molar-refractivity contribution is 0.481. The molecule has 0 aliphatic rings. The van der Waals surface area contributed by atoms with E-state index in [2.05, 4.69) is 4.98 Å². The van der Waals surface area contributed by atoms with E-state index in [0.29, 0.717) is 10.9 Å². The molecule has 0 saturated heterocycles. The van der Waals surface area contributed by atoms with Crippen molar-refractivity contribution in [2.24, 2.45) is 0 Å². The van der Waals surface area contributed by atoms with Gasteiger partial charge in [-0.3, -0.25) is 4.98 Å². The molecule has 0 aliphatic carbocycles. The zero-order chi connectivity index (χ0) is 9.42. The molecule has 0 bridgehead atoms. The first-order chi connectivity index (χ1) is 6.18. The molecule has 2 nitrogen and oxygen atoms in total. The van der Waals surface area contributed by atoms with Crippen molar-refractivity contribution < 1.29 is 9.50 Å². The Bertz CT molecular complexity index is 472. The van der Waals surface area contributed by atoms with E-state index >= 15 is 0 Å². The molecule has 13 heavy (non-hydrogen) atoms. The Morgan fingerprint density at radius 1 is 1.38 bits per heavy atom. The van der Waals surface area contributed by atoms with Crippen molar-refractivity contribution >= 4 is 22.5 Å². The molecule has 1 heterocycles. The minimum Gasteiger partial charge on any atom is -0.507 e. The first-order valence-electron chi connectivity index (χ1n) is 3.61. The van der Waals surface area contributed by atoms with Crippen molar-refractivity contribution in [3.8, 4) is 5.75 Å². The van der Waals surface area contributed by atoms with Gasteiger partial charge in [-0.15, -0.1) is 0 Å². The van der Waals surface area contributed by atoms with Gasteiger partial charge in [-0.05, 0) is 12.1 Å². The van der Waals surface area contributed by atoms with Crippen LogP contribution in [0.5, 0.6) is 5.75 Å². The van der Waals surface area contributed by atoms with E-state index < -0.39 is 5.82 Å². The van der Waals surface area contributed by atoms with Crippen LogP contribution in [-0.2, 0) is 0 Å². The summed E-state index contributed by atoms with van der Waals surface area (Å²) in [6, 6.07) is 3.97. The van der Waals surface area contributed by atoms with Crippen LogP contribution in [0.1, 0.15) is 0 Å². The predicted molar refractivity (Wildman–Crippen MR) is 48.4 cm³/mol. The van der Waals surface area contributed by atoms with Crippen LogP contribution in [0.3, 0.4) is 0 Å². The smallest absolute Gasteiger partial charge is 0.143 e. The van der Waals surface area contributed by atoms with E-state index in [4.69, 9.17) is 11.6 Å². The number of rotatable bonds is 0. The molecule has 4 heteroatoms. The summed E-state index contributed by atoms with van der Waals surface area (Å²) in [4.78, 5) is 3.89. The number of aromatic hydroxyl groups is 1. The summed E-state index contributed by atoms with van der Waals surface area (Å²) in [6.07, 6.45) is 1.41. The normalized spacial score (nSPS) is 10.6. The van der Waals surface area contributed by atoms with Gasteiger partial charge in [0.05, 0.1) is 10.5 Å². The molecule has 1 aromatic heterocycles. The van der Waals surface area contributed by atoms with E-state index in [1.165, 1.54) is 24.4 Å². The standard InChI is InChI=1S/C9H5ClFNO/c10-6-3-5-8(4-7(6)11)12-2-1-9(5)13/h1-4H,(H,12,13). The molecular weight excluding hydrogens is 193 g/mol. The van der Waals surface area contributed by atoms with Crippen molar-refractivity contribution in [2.75, 3.05) is 0 Å². The summed E-state index contributed by atoms with van der Waals surface area (Å²) in [5, 5.41) is 9.80. The van der Waals surface area contributed by atoms with E-state index in [-0.39, 0.29) is 10.8 Å². The van der Waals surface area contributed by atoms with Crippen molar-refractivity contribution in [2.45, 2.75) is 0 Å². The van der Waals surface area contributed by atoms with Crippen LogP contribution in [-0.4, -0.2) is 10.1 Å². The van der Waals surface area contributed by atoms with Gasteiger partial charge >= 0.3 is 0 Å². The van der Waals surface area contributed by atoms with Crippen molar-refractivity contribution in [1.29, 1.82) is 0 Å². The van der Waals surface area contributed by atoms with Gasteiger partial charge in [-0.1, -0.05) is 11.6 Å². The highest BCUT2D eigenvalue weighted by Crippen LogP contribution is 2.27. The van der Waals surface area contributed by atoms with Crippen LogP contribution in [0.25, 0.3) is 10.9 Å². The summed E-state index contributed by atoms with van der Waals surface area (Å²) in [5.41, 5.74) is 0.391. The Labute approximate surface area is 78.6 Å². The van der Waals surface area contributed by atoms with Gasteiger partial charge in [0, 0.05) is 17.6 Å². The van der Waals surface area contributed by atoms with Crippen LogP contribution < -0.4 is 0 Å². The number of pyridine rings is 1. The molecule has 2 aromatic rings. The Morgan fingerprint density at radius 3 is 2.92 bits per heavy atom. The molecule has 0 saturated carbocycles. The zero-order valence-electron chi connectivity index (χ0n) is 6.46. The van der Waals surface area contributed by atoms with Crippen LogP contribution in [0.2, 0.25) is 5.02 Å². The largest absolute Gasteiger partial charge is 0.507 e. The van der Waals surface area contributed by atoms with E-state index in [1.807, 2.05) is 0 Å². The Morgan fingerprint density at radius 2 is 2.15 bits per heavy atom. The maximum atomic E-state index is 12.9. The zero-order valence-corrected chi connectivity index (χ0v) is 7.22. The number of fused-ring (bicyclic) bond motifs is 1. The molecule has 66 valence electrons. The van der Waals surface area contributed by atoms with Crippen LogP contribution in [0, 0.1) is 5.82 Å². The first-order valence-corrected chi connectivity index (χ1v) is 3.99. The quantitative estimate of drug-likeness (QED) is 0.705. The van der Waals surface area contributed by atoms with Crippen molar-refractivity contribution in [3.63, 3.8) is 0 Å². The SMILES string of the molecule is Oc1ccnc2cc(F)c(Cl)cc12. The molecule has 0 amide bonds. The Balaban J connectivity index is 2.89. The minimum absolute atomic E-state index is 0.0178. The molecular formula is C9H5ClFNO. The average molecular weight is 198 g/mol.